The number of benzene rings is 2. The molecule has 3 rings (SSSR count). The van der Waals surface area contributed by atoms with Crippen molar-refractivity contribution in [2.75, 3.05) is 17.3 Å². The Morgan fingerprint density at radius 1 is 1.25 bits per heavy atom. The largest absolute Gasteiger partial charge is 0.373 e. The molecule has 1 unspecified atom stereocenters. The van der Waals surface area contributed by atoms with Crippen molar-refractivity contribution in [2.24, 2.45) is 0 Å². The van der Waals surface area contributed by atoms with Gasteiger partial charge in [0.15, 0.2) is 0 Å². The van der Waals surface area contributed by atoms with Crippen molar-refractivity contribution in [3.8, 4) is 0 Å². The molecule has 0 spiro atoms. The monoisotopic (exact) mass is 270 g/mol. The van der Waals surface area contributed by atoms with E-state index in [-0.39, 0.29) is 17.8 Å². The quantitative estimate of drug-likeness (QED) is 0.910. The molecule has 102 valence electrons. The topological polar surface area (TPSA) is 32.3 Å². The molecule has 1 atom stereocenters. The zero-order valence-electron chi connectivity index (χ0n) is 11.1. The third kappa shape index (κ3) is 2.25. The van der Waals surface area contributed by atoms with Crippen LogP contribution in [0, 0.1) is 5.82 Å². The zero-order chi connectivity index (χ0) is 14.1. The van der Waals surface area contributed by atoms with Gasteiger partial charge in [0, 0.05) is 24.8 Å². The van der Waals surface area contributed by atoms with Crippen LogP contribution < -0.4 is 10.2 Å². The van der Waals surface area contributed by atoms with Crippen molar-refractivity contribution >= 4 is 17.3 Å². The second kappa shape index (κ2) is 4.96. The number of anilines is 2. The minimum Gasteiger partial charge on any atom is -0.373 e. The lowest BCUT2D eigenvalue weighted by atomic mass is 10.1. The molecule has 2 aromatic rings. The molecule has 0 saturated carbocycles. The van der Waals surface area contributed by atoms with Gasteiger partial charge in [0.05, 0.1) is 0 Å². The molecule has 0 aliphatic carbocycles. The fourth-order valence-corrected chi connectivity index (χ4v) is 2.49. The van der Waals surface area contributed by atoms with Gasteiger partial charge in [-0.2, -0.15) is 0 Å². The number of hydrogen-bond donors (Lipinski definition) is 1. The van der Waals surface area contributed by atoms with Gasteiger partial charge in [0.25, 0.3) is 0 Å². The Bertz CT molecular complexity index is 631. The molecular formula is C16H15FN2O. The van der Waals surface area contributed by atoms with Crippen LogP contribution in [0.1, 0.15) is 5.56 Å². The summed E-state index contributed by atoms with van der Waals surface area (Å²) < 4.78 is 13.2. The lowest BCUT2D eigenvalue weighted by Crippen LogP contribution is -2.39. The van der Waals surface area contributed by atoms with E-state index in [1.54, 1.807) is 19.2 Å². The van der Waals surface area contributed by atoms with E-state index in [1.807, 2.05) is 24.3 Å². The zero-order valence-corrected chi connectivity index (χ0v) is 11.1. The average Bonchev–Trinajstić information content (AvgIpc) is 2.89. The molecule has 1 heterocycles. The number of amides is 1. The molecule has 4 heteroatoms. The first kappa shape index (κ1) is 12.7. The van der Waals surface area contributed by atoms with Crippen molar-refractivity contribution in [1.29, 1.82) is 0 Å². The summed E-state index contributed by atoms with van der Waals surface area (Å²) in [5.74, 6) is -0.406. The van der Waals surface area contributed by atoms with Crippen molar-refractivity contribution in [1.82, 2.24) is 0 Å². The SMILES string of the molecule is CN(C(=O)C1Cc2ccccc2N1)c1cccc(F)c1. The summed E-state index contributed by atoms with van der Waals surface area (Å²) in [5, 5.41) is 3.21. The van der Waals surface area contributed by atoms with Gasteiger partial charge in [0.1, 0.15) is 11.9 Å². The highest BCUT2D eigenvalue weighted by Gasteiger charge is 2.29. The number of likely N-dealkylation sites (N-methyl/N-ethyl adjacent to an activating group) is 1. The summed E-state index contributed by atoms with van der Waals surface area (Å²) in [4.78, 5) is 14.0. The number of hydrogen-bond acceptors (Lipinski definition) is 2. The Labute approximate surface area is 117 Å². The first-order valence-corrected chi connectivity index (χ1v) is 6.53. The van der Waals surface area contributed by atoms with Crippen LogP contribution in [0.4, 0.5) is 15.8 Å². The first-order chi connectivity index (χ1) is 9.65. The number of fused-ring (bicyclic) bond motifs is 1. The van der Waals surface area contributed by atoms with Gasteiger partial charge in [-0.25, -0.2) is 4.39 Å². The number of carbonyl (C=O) groups is 1. The molecule has 1 aliphatic heterocycles. The van der Waals surface area contributed by atoms with Gasteiger partial charge in [-0.1, -0.05) is 24.3 Å². The van der Waals surface area contributed by atoms with Crippen molar-refractivity contribution < 1.29 is 9.18 Å². The lowest BCUT2D eigenvalue weighted by molar-refractivity contribution is -0.118. The van der Waals surface area contributed by atoms with E-state index in [2.05, 4.69) is 5.32 Å². The van der Waals surface area contributed by atoms with Crippen molar-refractivity contribution in [3.05, 3.63) is 59.9 Å². The third-order valence-corrected chi connectivity index (χ3v) is 3.60. The summed E-state index contributed by atoms with van der Waals surface area (Å²) in [7, 11) is 1.67. The van der Waals surface area contributed by atoms with Crippen LogP contribution in [0.15, 0.2) is 48.5 Å². The standard InChI is InChI=1S/C16H15FN2O/c1-19(13-7-4-6-12(17)10-13)16(20)15-9-11-5-2-3-8-14(11)18-15/h2-8,10,15,18H,9H2,1H3. The Morgan fingerprint density at radius 3 is 2.80 bits per heavy atom. The maximum absolute atomic E-state index is 13.2. The fraction of sp³-hybridized carbons (Fsp3) is 0.188. The van der Waals surface area contributed by atoms with Crippen LogP contribution in [-0.4, -0.2) is 19.0 Å². The summed E-state index contributed by atoms with van der Waals surface area (Å²) in [6.07, 6.45) is 0.661. The minimum atomic E-state index is -0.343. The van der Waals surface area contributed by atoms with Gasteiger partial charge in [-0.3, -0.25) is 4.79 Å². The van der Waals surface area contributed by atoms with Gasteiger partial charge < -0.3 is 10.2 Å². The predicted molar refractivity (Wildman–Crippen MR) is 77.4 cm³/mol. The second-order valence-electron chi connectivity index (χ2n) is 4.94. The van der Waals surface area contributed by atoms with Gasteiger partial charge in [-0.15, -0.1) is 0 Å². The molecule has 0 fully saturated rings. The Kier molecular flexibility index (Phi) is 3.14. The second-order valence-corrected chi connectivity index (χ2v) is 4.94. The Morgan fingerprint density at radius 2 is 2.05 bits per heavy atom. The van der Waals surface area contributed by atoms with E-state index in [4.69, 9.17) is 0 Å². The fourth-order valence-electron chi connectivity index (χ4n) is 2.49. The van der Waals surface area contributed by atoms with E-state index < -0.39 is 0 Å². The minimum absolute atomic E-state index is 0.0631. The van der Waals surface area contributed by atoms with E-state index >= 15 is 0 Å². The van der Waals surface area contributed by atoms with Crippen LogP contribution in [0.3, 0.4) is 0 Å². The highest BCUT2D eigenvalue weighted by atomic mass is 19.1. The number of rotatable bonds is 2. The molecule has 1 N–H and O–H groups in total. The Hall–Kier alpha value is -2.36. The smallest absolute Gasteiger partial charge is 0.249 e. The van der Waals surface area contributed by atoms with Crippen molar-refractivity contribution in [2.45, 2.75) is 12.5 Å². The summed E-state index contributed by atoms with van der Waals surface area (Å²) in [6.45, 7) is 0. The maximum Gasteiger partial charge on any atom is 0.249 e. The van der Waals surface area contributed by atoms with E-state index in [9.17, 15) is 9.18 Å². The number of para-hydroxylation sites is 1. The number of carbonyl (C=O) groups excluding carboxylic acids is 1. The molecule has 0 radical (unpaired) electrons. The van der Waals surface area contributed by atoms with E-state index in [0.717, 1.165) is 11.3 Å². The van der Waals surface area contributed by atoms with Crippen LogP contribution in [-0.2, 0) is 11.2 Å². The summed E-state index contributed by atoms with van der Waals surface area (Å²) in [6, 6.07) is 13.6. The van der Waals surface area contributed by atoms with E-state index in [1.165, 1.54) is 17.0 Å². The van der Waals surface area contributed by atoms with Crippen LogP contribution >= 0.6 is 0 Å². The average molecular weight is 270 g/mol. The predicted octanol–water partition coefficient (Wildman–Crippen LogP) is 2.83. The lowest BCUT2D eigenvalue weighted by Gasteiger charge is -2.21. The molecule has 20 heavy (non-hydrogen) atoms. The number of nitrogens with zero attached hydrogens (tertiary/aromatic N) is 1. The van der Waals surface area contributed by atoms with Gasteiger partial charge >= 0.3 is 0 Å². The highest BCUT2D eigenvalue weighted by molar-refractivity contribution is 5.99. The van der Waals surface area contributed by atoms with Crippen molar-refractivity contribution in [3.63, 3.8) is 0 Å². The van der Waals surface area contributed by atoms with Gasteiger partial charge in [0.2, 0.25) is 5.91 Å². The molecule has 3 nitrogen and oxygen atoms in total. The number of halogens is 1. The van der Waals surface area contributed by atoms with E-state index in [0.29, 0.717) is 12.1 Å². The highest BCUT2D eigenvalue weighted by Crippen LogP contribution is 2.27. The summed E-state index contributed by atoms with van der Waals surface area (Å²) in [5.41, 5.74) is 2.70. The molecule has 0 bridgehead atoms. The molecule has 1 aliphatic rings. The van der Waals surface area contributed by atoms with Crippen LogP contribution in [0.2, 0.25) is 0 Å². The van der Waals surface area contributed by atoms with Gasteiger partial charge in [-0.05, 0) is 29.8 Å². The Balaban J connectivity index is 1.78. The summed E-state index contributed by atoms with van der Waals surface area (Å²) >= 11 is 0. The normalized spacial score (nSPS) is 16.4. The molecular weight excluding hydrogens is 255 g/mol. The molecule has 1 amide bonds. The third-order valence-electron chi connectivity index (χ3n) is 3.60. The van der Waals surface area contributed by atoms with Crippen LogP contribution in [0.25, 0.3) is 0 Å². The molecule has 0 aromatic heterocycles. The van der Waals surface area contributed by atoms with Crippen LogP contribution in [0.5, 0.6) is 0 Å². The molecule has 0 saturated heterocycles. The maximum atomic E-state index is 13.2. The molecule has 2 aromatic carbocycles. The first-order valence-electron chi connectivity index (χ1n) is 6.53. The number of nitrogens with one attached hydrogen (secondary N) is 1.